The fourth-order valence-corrected chi connectivity index (χ4v) is 1.57. The largest absolute Gasteiger partial charge is 0.497 e. The van der Waals surface area contributed by atoms with Crippen molar-refractivity contribution in [1.29, 1.82) is 0 Å². The summed E-state index contributed by atoms with van der Waals surface area (Å²) in [5.41, 5.74) is 1.66. The Morgan fingerprint density at radius 3 is 2.47 bits per heavy atom. The van der Waals surface area contributed by atoms with Crippen LogP contribution in [0.15, 0.2) is 30.3 Å². The topological polar surface area (TPSA) is 68.2 Å². The van der Waals surface area contributed by atoms with E-state index in [9.17, 15) is 4.79 Å². The van der Waals surface area contributed by atoms with Gasteiger partial charge in [-0.15, -0.1) is 0 Å². The first-order valence-electron chi connectivity index (χ1n) is 5.81. The number of anilines is 2. The number of aromatic nitrogens is 2. The summed E-state index contributed by atoms with van der Waals surface area (Å²) < 4.78 is 6.74. The van der Waals surface area contributed by atoms with Gasteiger partial charge in [-0.3, -0.25) is 10.00 Å². The van der Waals surface area contributed by atoms with Gasteiger partial charge in [0.25, 0.3) is 0 Å². The molecule has 0 saturated carbocycles. The molecule has 0 spiro atoms. The summed E-state index contributed by atoms with van der Waals surface area (Å²) in [6, 6.07) is 8.56. The first-order valence-corrected chi connectivity index (χ1v) is 5.81. The van der Waals surface area contributed by atoms with Crippen LogP contribution in [0.5, 0.6) is 5.75 Å². The SMILES string of the molecule is COc1ccc(NC(=O)Nc2cc(C)n(C)n2)cc1. The molecule has 6 heteroatoms. The van der Waals surface area contributed by atoms with Gasteiger partial charge < -0.3 is 10.1 Å². The second kappa shape index (κ2) is 5.43. The minimum atomic E-state index is -0.330. The molecule has 0 aliphatic rings. The smallest absolute Gasteiger partial charge is 0.324 e. The van der Waals surface area contributed by atoms with Crippen molar-refractivity contribution in [2.45, 2.75) is 6.92 Å². The minimum Gasteiger partial charge on any atom is -0.497 e. The molecule has 0 atom stereocenters. The lowest BCUT2D eigenvalue weighted by Gasteiger charge is -2.06. The highest BCUT2D eigenvalue weighted by molar-refractivity contribution is 5.99. The van der Waals surface area contributed by atoms with E-state index in [0.29, 0.717) is 11.5 Å². The Morgan fingerprint density at radius 2 is 1.95 bits per heavy atom. The molecule has 0 bridgehead atoms. The number of amides is 2. The molecule has 2 aromatic rings. The number of ether oxygens (including phenoxy) is 1. The normalized spacial score (nSPS) is 10.1. The van der Waals surface area contributed by atoms with Gasteiger partial charge in [0.1, 0.15) is 5.75 Å². The van der Waals surface area contributed by atoms with Crippen LogP contribution in [0.25, 0.3) is 0 Å². The van der Waals surface area contributed by atoms with E-state index in [-0.39, 0.29) is 6.03 Å². The number of aryl methyl sites for hydroxylation is 2. The zero-order valence-corrected chi connectivity index (χ0v) is 11.1. The van der Waals surface area contributed by atoms with E-state index >= 15 is 0 Å². The highest BCUT2D eigenvalue weighted by Gasteiger charge is 2.06. The number of urea groups is 1. The molecule has 2 rings (SSSR count). The predicted molar refractivity (Wildman–Crippen MR) is 73.6 cm³/mol. The van der Waals surface area contributed by atoms with E-state index in [4.69, 9.17) is 4.74 Å². The van der Waals surface area contributed by atoms with Crippen molar-refractivity contribution < 1.29 is 9.53 Å². The highest BCUT2D eigenvalue weighted by atomic mass is 16.5. The maximum Gasteiger partial charge on any atom is 0.324 e. The standard InChI is InChI=1S/C13H16N4O2/c1-9-8-12(16-17(9)2)15-13(18)14-10-4-6-11(19-3)7-5-10/h4-8H,1-3H3,(H2,14,15,16,18). The molecule has 100 valence electrons. The number of carbonyl (C=O) groups is 1. The first-order chi connectivity index (χ1) is 9.08. The molecular formula is C13H16N4O2. The molecule has 6 nitrogen and oxygen atoms in total. The quantitative estimate of drug-likeness (QED) is 0.890. The van der Waals surface area contributed by atoms with Crippen LogP contribution in [0.2, 0.25) is 0 Å². The fourth-order valence-electron chi connectivity index (χ4n) is 1.57. The van der Waals surface area contributed by atoms with Crippen LogP contribution in [0.3, 0.4) is 0 Å². The number of hydrogen-bond acceptors (Lipinski definition) is 3. The summed E-state index contributed by atoms with van der Waals surface area (Å²) in [6.45, 7) is 1.92. The van der Waals surface area contributed by atoms with Gasteiger partial charge in [0.2, 0.25) is 0 Å². The third-order valence-corrected chi connectivity index (χ3v) is 2.70. The Morgan fingerprint density at radius 1 is 1.26 bits per heavy atom. The fraction of sp³-hybridized carbons (Fsp3) is 0.231. The Bertz CT molecular complexity index is 555. The lowest BCUT2D eigenvalue weighted by molar-refractivity contribution is 0.262. The maximum atomic E-state index is 11.8. The first kappa shape index (κ1) is 12.9. The number of hydrogen-bond donors (Lipinski definition) is 2. The summed E-state index contributed by atoms with van der Waals surface area (Å²) in [6.07, 6.45) is 0. The third-order valence-electron chi connectivity index (χ3n) is 2.70. The van der Waals surface area contributed by atoms with E-state index in [1.807, 2.05) is 14.0 Å². The van der Waals surface area contributed by atoms with Crippen molar-refractivity contribution in [1.82, 2.24) is 9.78 Å². The van der Waals surface area contributed by atoms with E-state index in [1.165, 1.54) is 0 Å². The second-order valence-corrected chi connectivity index (χ2v) is 4.10. The molecule has 0 aliphatic heterocycles. The van der Waals surface area contributed by atoms with E-state index in [2.05, 4.69) is 15.7 Å². The van der Waals surface area contributed by atoms with Crippen molar-refractivity contribution in [2.24, 2.45) is 7.05 Å². The van der Waals surface area contributed by atoms with Crippen LogP contribution in [0.4, 0.5) is 16.3 Å². The van der Waals surface area contributed by atoms with Gasteiger partial charge in [-0.05, 0) is 31.2 Å². The Kier molecular flexibility index (Phi) is 3.70. The van der Waals surface area contributed by atoms with Gasteiger partial charge in [-0.2, -0.15) is 5.10 Å². The molecule has 1 aromatic heterocycles. The van der Waals surface area contributed by atoms with Gasteiger partial charge in [0.15, 0.2) is 5.82 Å². The van der Waals surface area contributed by atoms with Crippen molar-refractivity contribution in [3.8, 4) is 5.75 Å². The number of rotatable bonds is 3. The zero-order chi connectivity index (χ0) is 13.8. The molecule has 0 unspecified atom stereocenters. The number of carbonyl (C=O) groups excluding carboxylic acids is 1. The van der Waals surface area contributed by atoms with Crippen LogP contribution in [-0.2, 0) is 7.05 Å². The second-order valence-electron chi connectivity index (χ2n) is 4.10. The average molecular weight is 260 g/mol. The number of nitrogens with one attached hydrogen (secondary N) is 2. The molecule has 0 radical (unpaired) electrons. The zero-order valence-electron chi connectivity index (χ0n) is 11.1. The van der Waals surface area contributed by atoms with Crippen molar-refractivity contribution in [2.75, 3.05) is 17.7 Å². The average Bonchev–Trinajstić information content (AvgIpc) is 2.69. The summed E-state index contributed by atoms with van der Waals surface area (Å²) in [7, 11) is 3.42. The molecule has 1 heterocycles. The summed E-state index contributed by atoms with van der Waals surface area (Å²) in [5, 5.41) is 9.53. The lowest BCUT2D eigenvalue weighted by Crippen LogP contribution is -2.19. The van der Waals surface area contributed by atoms with Gasteiger partial charge >= 0.3 is 6.03 Å². The lowest BCUT2D eigenvalue weighted by atomic mass is 10.3. The van der Waals surface area contributed by atoms with E-state index in [1.54, 1.807) is 42.1 Å². The van der Waals surface area contributed by atoms with E-state index in [0.717, 1.165) is 11.4 Å². The molecule has 2 amide bonds. The van der Waals surface area contributed by atoms with Gasteiger partial charge in [-0.25, -0.2) is 4.79 Å². The molecule has 0 aliphatic carbocycles. The molecular weight excluding hydrogens is 244 g/mol. The van der Waals surface area contributed by atoms with Crippen LogP contribution in [-0.4, -0.2) is 22.9 Å². The van der Waals surface area contributed by atoms with Crippen LogP contribution >= 0.6 is 0 Å². The maximum absolute atomic E-state index is 11.8. The van der Waals surface area contributed by atoms with Crippen LogP contribution < -0.4 is 15.4 Å². The molecule has 0 fully saturated rings. The summed E-state index contributed by atoms with van der Waals surface area (Å²) in [5.74, 6) is 1.26. The summed E-state index contributed by atoms with van der Waals surface area (Å²) in [4.78, 5) is 11.8. The Balaban J connectivity index is 1.96. The monoisotopic (exact) mass is 260 g/mol. The van der Waals surface area contributed by atoms with Crippen molar-refractivity contribution >= 4 is 17.5 Å². The number of nitrogens with zero attached hydrogens (tertiary/aromatic N) is 2. The Hall–Kier alpha value is -2.50. The Labute approximate surface area is 111 Å². The number of benzene rings is 1. The van der Waals surface area contributed by atoms with Crippen LogP contribution in [0, 0.1) is 6.92 Å². The third kappa shape index (κ3) is 3.25. The van der Waals surface area contributed by atoms with Crippen molar-refractivity contribution in [3.05, 3.63) is 36.0 Å². The van der Waals surface area contributed by atoms with E-state index < -0.39 is 0 Å². The van der Waals surface area contributed by atoms with Gasteiger partial charge in [-0.1, -0.05) is 0 Å². The highest BCUT2D eigenvalue weighted by Crippen LogP contribution is 2.15. The molecule has 0 saturated heterocycles. The number of methoxy groups -OCH3 is 1. The summed E-state index contributed by atoms with van der Waals surface area (Å²) >= 11 is 0. The van der Waals surface area contributed by atoms with Gasteiger partial charge in [0.05, 0.1) is 7.11 Å². The predicted octanol–water partition coefficient (Wildman–Crippen LogP) is 2.38. The van der Waals surface area contributed by atoms with Gasteiger partial charge in [0, 0.05) is 24.5 Å². The van der Waals surface area contributed by atoms with Crippen LogP contribution in [0.1, 0.15) is 5.69 Å². The molecule has 1 aromatic carbocycles. The van der Waals surface area contributed by atoms with Crippen molar-refractivity contribution in [3.63, 3.8) is 0 Å². The molecule has 2 N–H and O–H groups in total. The minimum absolute atomic E-state index is 0.330. The molecule has 19 heavy (non-hydrogen) atoms.